The van der Waals surface area contributed by atoms with Crippen LogP contribution in [0.2, 0.25) is 0 Å². The number of rotatable bonds is 6. The first-order valence-corrected chi connectivity index (χ1v) is 11.1. The number of nitrogens with zero attached hydrogens (tertiary/aromatic N) is 1. The van der Waals surface area contributed by atoms with Crippen molar-refractivity contribution in [1.82, 2.24) is 10.2 Å². The average Bonchev–Trinajstić information content (AvgIpc) is 3.18. The van der Waals surface area contributed by atoms with Gasteiger partial charge in [-0.3, -0.25) is 24.5 Å². The standard InChI is InChI=1S/C27H22N2O5/c30-24-13-12-23(26(32)28-24)29-15-20-14-19(8-11-22(20)27(29)33)25(31)18-6-9-21(10-7-18)34-16-17-4-2-1-3-5-17/h1-11,14,23H,12-13,15-16H2,(H,28,30,32). The molecule has 1 unspecified atom stereocenters. The topological polar surface area (TPSA) is 92.8 Å². The smallest absolute Gasteiger partial charge is 0.255 e. The van der Waals surface area contributed by atoms with E-state index in [1.165, 1.54) is 4.90 Å². The Balaban J connectivity index is 1.28. The van der Waals surface area contributed by atoms with Crippen LogP contribution in [0.25, 0.3) is 0 Å². The maximum atomic E-state index is 13.0. The number of piperidine rings is 1. The maximum Gasteiger partial charge on any atom is 0.255 e. The highest BCUT2D eigenvalue weighted by Gasteiger charge is 2.39. The summed E-state index contributed by atoms with van der Waals surface area (Å²) in [5.41, 5.74) is 3.21. The molecule has 1 N–H and O–H groups in total. The number of imide groups is 1. The van der Waals surface area contributed by atoms with Gasteiger partial charge in [0.25, 0.3) is 5.91 Å². The predicted molar refractivity (Wildman–Crippen MR) is 123 cm³/mol. The number of carbonyl (C=O) groups is 4. The lowest BCUT2D eigenvalue weighted by molar-refractivity contribution is -0.136. The Kier molecular flexibility index (Phi) is 5.67. The lowest BCUT2D eigenvalue weighted by Gasteiger charge is -2.29. The average molecular weight is 454 g/mol. The fourth-order valence-corrected chi connectivity index (χ4v) is 4.33. The molecule has 1 fully saturated rings. The number of ketones is 1. The molecule has 34 heavy (non-hydrogen) atoms. The highest BCUT2D eigenvalue weighted by Crippen LogP contribution is 2.29. The molecule has 0 bridgehead atoms. The van der Waals surface area contributed by atoms with Crippen molar-refractivity contribution >= 4 is 23.5 Å². The second-order valence-electron chi connectivity index (χ2n) is 8.40. The van der Waals surface area contributed by atoms with Gasteiger partial charge in [0.2, 0.25) is 11.8 Å². The molecule has 2 aliphatic heterocycles. The molecule has 0 spiro atoms. The van der Waals surface area contributed by atoms with Gasteiger partial charge in [0.05, 0.1) is 0 Å². The molecule has 0 radical (unpaired) electrons. The van der Waals surface area contributed by atoms with Crippen molar-refractivity contribution in [2.45, 2.75) is 32.0 Å². The van der Waals surface area contributed by atoms with Gasteiger partial charge in [-0.15, -0.1) is 0 Å². The molecule has 7 nitrogen and oxygen atoms in total. The molecule has 2 heterocycles. The van der Waals surface area contributed by atoms with Gasteiger partial charge in [-0.05, 0) is 53.9 Å². The van der Waals surface area contributed by atoms with Crippen LogP contribution in [0.4, 0.5) is 0 Å². The number of hydrogen-bond donors (Lipinski definition) is 1. The monoisotopic (exact) mass is 454 g/mol. The van der Waals surface area contributed by atoms with Crippen molar-refractivity contribution in [3.05, 3.63) is 101 Å². The highest BCUT2D eigenvalue weighted by atomic mass is 16.5. The van der Waals surface area contributed by atoms with Crippen LogP contribution in [0.5, 0.6) is 5.75 Å². The van der Waals surface area contributed by atoms with E-state index in [1.807, 2.05) is 30.3 Å². The zero-order chi connectivity index (χ0) is 23.7. The minimum atomic E-state index is -0.680. The summed E-state index contributed by atoms with van der Waals surface area (Å²) >= 11 is 0. The number of benzene rings is 3. The molecule has 7 heteroatoms. The van der Waals surface area contributed by atoms with E-state index < -0.39 is 11.9 Å². The lowest BCUT2D eigenvalue weighted by Crippen LogP contribution is -2.52. The summed E-state index contributed by atoms with van der Waals surface area (Å²) in [5, 5.41) is 2.29. The van der Waals surface area contributed by atoms with Crippen LogP contribution in [0.1, 0.15) is 50.2 Å². The first-order valence-electron chi connectivity index (χ1n) is 11.1. The zero-order valence-corrected chi connectivity index (χ0v) is 18.3. The normalized spacial score (nSPS) is 17.4. The molecule has 0 saturated carbocycles. The summed E-state index contributed by atoms with van der Waals surface area (Å²) in [4.78, 5) is 51.0. The van der Waals surface area contributed by atoms with Crippen LogP contribution in [0, 0.1) is 0 Å². The lowest BCUT2D eigenvalue weighted by atomic mass is 9.99. The van der Waals surface area contributed by atoms with Gasteiger partial charge < -0.3 is 9.64 Å². The van der Waals surface area contributed by atoms with E-state index in [4.69, 9.17) is 4.74 Å². The van der Waals surface area contributed by atoms with E-state index in [0.717, 1.165) is 5.56 Å². The Hall–Kier alpha value is -4.26. The number of ether oxygens (including phenoxy) is 1. The van der Waals surface area contributed by atoms with Gasteiger partial charge in [-0.2, -0.15) is 0 Å². The summed E-state index contributed by atoms with van der Waals surface area (Å²) in [6.45, 7) is 0.671. The first kappa shape index (κ1) is 21.6. The third-order valence-electron chi connectivity index (χ3n) is 6.15. The Bertz CT molecular complexity index is 1280. The Morgan fingerprint density at radius 1 is 0.941 bits per heavy atom. The molecule has 3 aromatic rings. The second-order valence-corrected chi connectivity index (χ2v) is 8.40. The largest absolute Gasteiger partial charge is 0.489 e. The second kappa shape index (κ2) is 8.94. The van der Waals surface area contributed by atoms with Crippen LogP contribution in [-0.4, -0.2) is 34.4 Å². The van der Waals surface area contributed by atoms with Crippen molar-refractivity contribution in [2.24, 2.45) is 0 Å². The molecule has 0 aromatic heterocycles. The molecule has 0 aliphatic carbocycles. The van der Waals surface area contributed by atoms with Gasteiger partial charge in [-0.25, -0.2) is 0 Å². The van der Waals surface area contributed by atoms with Gasteiger partial charge in [-0.1, -0.05) is 36.4 Å². The number of nitrogens with one attached hydrogen (secondary N) is 1. The molecule has 5 rings (SSSR count). The van der Waals surface area contributed by atoms with Crippen LogP contribution in [0.3, 0.4) is 0 Å². The van der Waals surface area contributed by atoms with Crippen LogP contribution in [0.15, 0.2) is 72.8 Å². The van der Waals surface area contributed by atoms with E-state index in [1.54, 1.807) is 42.5 Å². The number of fused-ring (bicyclic) bond motifs is 1. The molecular weight excluding hydrogens is 432 g/mol. The first-order chi connectivity index (χ1) is 16.5. The third-order valence-corrected chi connectivity index (χ3v) is 6.15. The summed E-state index contributed by atoms with van der Waals surface area (Å²) in [6, 6.07) is 21.1. The van der Waals surface area contributed by atoms with E-state index in [-0.39, 0.29) is 30.6 Å². The van der Waals surface area contributed by atoms with Crippen molar-refractivity contribution in [2.75, 3.05) is 0 Å². The fourth-order valence-electron chi connectivity index (χ4n) is 4.33. The van der Waals surface area contributed by atoms with Crippen molar-refractivity contribution in [3.63, 3.8) is 0 Å². The molecular formula is C27H22N2O5. The minimum Gasteiger partial charge on any atom is -0.489 e. The Labute approximate surface area is 196 Å². The highest BCUT2D eigenvalue weighted by molar-refractivity contribution is 6.10. The minimum absolute atomic E-state index is 0.163. The molecule has 3 amide bonds. The van der Waals surface area contributed by atoms with E-state index in [9.17, 15) is 19.2 Å². The van der Waals surface area contributed by atoms with Crippen LogP contribution < -0.4 is 10.1 Å². The molecule has 2 aliphatic rings. The summed E-state index contributed by atoms with van der Waals surface area (Å²) in [7, 11) is 0. The molecule has 1 saturated heterocycles. The van der Waals surface area contributed by atoms with Gasteiger partial charge in [0.15, 0.2) is 5.78 Å². The summed E-state index contributed by atoms with van der Waals surface area (Å²) in [5.74, 6) is -0.536. The van der Waals surface area contributed by atoms with Gasteiger partial charge >= 0.3 is 0 Å². The van der Waals surface area contributed by atoms with E-state index in [0.29, 0.717) is 41.0 Å². The quantitative estimate of drug-likeness (QED) is 0.456. The molecule has 170 valence electrons. The Morgan fingerprint density at radius 3 is 2.41 bits per heavy atom. The fraction of sp³-hybridized carbons (Fsp3) is 0.185. The summed E-state index contributed by atoms with van der Waals surface area (Å²) in [6.07, 6.45) is 0.500. The Morgan fingerprint density at radius 2 is 1.68 bits per heavy atom. The number of carbonyl (C=O) groups excluding carboxylic acids is 4. The van der Waals surface area contributed by atoms with Crippen molar-refractivity contribution in [3.8, 4) is 5.75 Å². The van der Waals surface area contributed by atoms with Crippen molar-refractivity contribution in [1.29, 1.82) is 0 Å². The maximum absolute atomic E-state index is 13.0. The molecule has 1 atom stereocenters. The molecule has 3 aromatic carbocycles. The van der Waals surface area contributed by atoms with E-state index in [2.05, 4.69) is 5.32 Å². The number of hydrogen-bond acceptors (Lipinski definition) is 5. The van der Waals surface area contributed by atoms with Crippen LogP contribution >= 0.6 is 0 Å². The van der Waals surface area contributed by atoms with Gasteiger partial charge in [0, 0.05) is 29.7 Å². The predicted octanol–water partition coefficient (Wildman–Crippen LogP) is 3.26. The van der Waals surface area contributed by atoms with Gasteiger partial charge in [0.1, 0.15) is 18.4 Å². The SMILES string of the molecule is O=C1CCC(N2Cc3cc(C(=O)c4ccc(OCc5ccccc5)cc4)ccc3C2=O)C(=O)N1. The summed E-state index contributed by atoms with van der Waals surface area (Å²) < 4.78 is 5.78. The van der Waals surface area contributed by atoms with Crippen molar-refractivity contribution < 1.29 is 23.9 Å². The third kappa shape index (κ3) is 4.20. The van der Waals surface area contributed by atoms with Crippen LogP contribution in [-0.2, 0) is 22.7 Å². The number of amides is 3. The van der Waals surface area contributed by atoms with E-state index >= 15 is 0 Å². The zero-order valence-electron chi connectivity index (χ0n) is 18.3.